The van der Waals surface area contributed by atoms with E-state index in [2.05, 4.69) is 14.5 Å². The molecule has 0 aliphatic heterocycles. The van der Waals surface area contributed by atoms with E-state index in [9.17, 15) is 4.57 Å². The van der Waals surface area contributed by atoms with Crippen molar-refractivity contribution in [3.63, 3.8) is 0 Å². The SMILES string of the molecule is N[C@@H](COP(=O)(O)O)c1ncc(-c2ccc(Sc3cccc(OCc4ccccc4)c3)cc2Cl)[nH]1. The van der Waals surface area contributed by atoms with Crippen LogP contribution >= 0.6 is 31.2 Å². The molecule has 8 nitrogen and oxygen atoms in total. The lowest BCUT2D eigenvalue weighted by Gasteiger charge is -2.10. The molecule has 0 saturated carbocycles. The van der Waals surface area contributed by atoms with Crippen molar-refractivity contribution in [2.24, 2.45) is 5.73 Å². The van der Waals surface area contributed by atoms with Gasteiger partial charge in [-0.2, -0.15) is 0 Å². The van der Waals surface area contributed by atoms with Gasteiger partial charge < -0.3 is 25.2 Å². The van der Waals surface area contributed by atoms with Crippen LogP contribution in [0.15, 0.2) is 88.8 Å². The second-order valence-electron chi connectivity index (χ2n) is 7.57. The van der Waals surface area contributed by atoms with Crippen LogP contribution in [-0.4, -0.2) is 26.4 Å². The zero-order valence-electron chi connectivity index (χ0n) is 18.4. The minimum atomic E-state index is -4.61. The number of benzene rings is 3. The average Bonchev–Trinajstić information content (AvgIpc) is 3.32. The molecule has 5 N–H and O–H groups in total. The van der Waals surface area contributed by atoms with E-state index in [1.54, 1.807) is 18.0 Å². The van der Waals surface area contributed by atoms with E-state index in [0.717, 1.165) is 26.7 Å². The Balaban J connectivity index is 1.41. The Kier molecular flexibility index (Phi) is 8.30. The fourth-order valence-corrected chi connectivity index (χ4v) is 4.81. The highest BCUT2D eigenvalue weighted by Gasteiger charge is 2.19. The molecule has 0 spiro atoms. The van der Waals surface area contributed by atoms with Crippen LogP contribution in [0.3, 0.4) is 0 Å². The highest BCUT2D eigenvalue weighted by molar-refractivity contribution is 7.99. The molecule has 1 atom stereocenters. The number of hydrogen-bond acceptors (Lipinski definition) is 6. The number of hydrogen-bond donors (Lipinski definition) is 4. The van der Waals surface area contributed by atoms with E-state index in [-0.39, 0.29) is 6.61 Å². The predicted octanol–water partition coefficient (Wildman–Crippen LogP) is 5.57. The van der Waals surface area contributed by atoms with Crippen LogP contribution in [0.25, 0.3) is 11.3 Å². The van der Waals surface area contributed by atoms with Crippen LogP contribution < -0.4 is 10.5 Å². The molecule has 0 amide bonds. The molecule has 0 aliphatic carbocycles. The van der Waals surface area contributed by atoms with E-state index < -0.39 is 13.9 Å². The summed E-state index contributed by atoms with van der Waals surface area (Å²) in [5.41, 5.74) is 8.35. The van der Waals surface area contributed by atoms with Gasteiger partial charge in [-0.25, -0.2) is 9.55 Å². The van der Waals surface area contributed by atoms with Gasteiger partial charge in [0, 0.05) is 15.4 Å². The third-order valence-corrected chi connectivity index (χ3v) is 6.67. The summed E-state index contributed by atoms with van der Waals surface area (Å²) in [6.07, 6.45) is 1.56. The topological polar surface area (TPSA) is 131 Å². The highest BCUT2D eigenvalue weighted by atomic mass is 35.5. The fraction of sp³-hybridized carbons (Fsp3) is 0.125. The molecule has 1 heterocycles. The summed E-state index contributed by atoms with van der Waals surface area (Å²) in [6.45, 7) is 0.116. The predicted molar refractivity (Wildman–Crippen MR) is 135 cm³/mol. The number of H-pyrrole nitrogens is 1. The summed E-state index contributed by atoms with van der Waals surface area (Å²) >= 11 is 8.10. The molecule has 0 radical (unpaired) electrons. The van der Waals surface area contributed by atoms with Crippen molar-refractivity contribution < 1.29 is 23.6 Å². The number of aromatic amines is 1. The number of imidazole rings is 1. The molecular formula is C24H23ClN3O5PS. The Labute approximate surface area is 211 Å². The first kappa shape index (κ1) is 25.5. The van der Waals surface area contributed by atoms with E-state index >= 15 is 0 Å². The summed E-state index contributed by atoms with van der Waals surface area (Å²) < 4.78 is 21.2. The van der Waals surface area contributed by atoms with Crippen molar-refractivity contribution in [2.75, 3.05) is 6.61 Å². The van der Waals surface area contributed by atoms with E-state index in [0.29, 0.717) is 23.1 Å². The monoisotopic (exact) mass is 531 g/mol. The van der Waals surface area contributed by atoms with Crippen LogP contribution in [0.4, 0.5) is 0 Å². The van der Waals surface area contributed by atoms with Crippen LogP contribution in [0, 0.1) is 0 Å². The highest BCUT2D eigenvalue weighted by Crippen LogP contribution is 2.37. The van der Waals surface area contributed by atoms with Crippen molar-refractivity contribution in [3.05, 3.63) is 95.4 Å². The molecule has 0 aliphatic rings. The molecule has 11 heteroatoms. The third kappa shape index (κ3) is 7.43. The second-order valence-corrected chi connectivity index (χ2v) is 10.4. The molecule has 1 aromatic heterocycles. The van der Waals surface area contributed by atoms with Gasteiger partial charge in [-0.1, -0.05) is 65.8 Å². The Morgan fingerprint density at radius 2 is 1.83 bits per heavy atom. The summed E-state index contributed by atoms with van der Waals surface area (Å²) in [5, 5.41) is 0.515. The van der Waals surface area contributed by atoms with Gasteiger partial charge >= 0.3 is 7.82 Å². The van der Waals surface area contributed by atoms with Gasteiger partial charge in [0.05, 0.1) is 29.6 Å². The Hall–Kier alpha value is -2.62. The van der Waals surface area contributed by atoms with Gasteiger partial charge in [-0.05, 0) is 35.9 Å². The standard InChI is InChI=1S/C24H23ClN3O5PS/c25-21-12-19(35-18-8-4-7-17(11-18)32-14-16-5-2-1-3-6-16)9-10-20(21)23-13-27-24(28-23)22(26)15-33-34(29,30)31/h1-13,22H,14-15,26H2,(H,27,28)(H2,29,30,31)/t22-/m0/s1. The molecule has 3 aromatic carbocycles. The molecule has 0 unspecified atom stereocenters. The van der Waals surface area contributed by atoms with E-state index in [1.807, 2.05) is 72.8 Å². The maximum Gasteiger partial charge on any atom is 0.469 e. The van der Waals surface area contributed by atoms with Crippen LogP contribution in [0.5, 0.6) is 5.75 Å². The summed E-state index contributed by atoms with van der Waals surface area (Å²) in [5.74, 6) is 1.11. The van der Waals surface area contributed by atoms with Gasteiger partial charge in [0.15, 0.2) is 0 Å². The molecule has 0 saturated heterocycles. The number of phosphoric ester groups is 1. The maximum absolute atomic E-state index is 10.9. The van der Waals surface area contributed by atoms with Crippen LogP contribution in [-0.2, 0) is 15.7 Å². The van der Waals surface area contributed by atoms with Crippen molar-refractivity contribution in [2.45, 2.75) is 22.4 Å². The number of ether oxygens (including phenoxy) is 1. The first-order valence-electron chi connectivity index (χ1n) is 10.5. The average molecular weight is 532 g/mol. The Bertz CT molecular complexity index is 1330. The molecule has 182 valence electrons. The zero-order valence-corrected chi connectivity index (χ0v) is 20.8. The summed E-state index contributed by atoms with van der Waals surface area (Å²) in [7, 11) is -4.61. The van der Waals surface area contributed by atoms with Crippen molar-refractivity contribution in [3.8, 4) is 17.0 Å². The second kappa shape index (κ2) is 11.4. The Morgan fingerprint density at radius 3 is 2.57 bits per heavy atom. The molecule has 4 rings (SSSR count). The third-order valence-electron chi connectivity index (χ3n) is 4.89. The normalized spacial score (nSPS) is 12.5. The van der Waals surface area contributed by atoms with Crippen molar-refractivity contribution >= 4 is 31.2 Å². The lowest BCUT2D eigenvalue weighted by atomic mass is 10.2. The number of halogens is 1. The number of nitrogens with one attached hydrogen (secondary N) is 1. The largest absolute Gasteiger partial charge is 0.489 e. The minimum absolute atomic E-state index is 0.329. The van der Waals surface area contributed by atoms with Gasteiger partial charge in [0.2, 0.25) is 0 Å². The van der Waals surface area contributed by atoms with E-state index in [1.165, 1.54) is 0 Å². The lowest BCUT2D eigenvalue weighted by molar-refractivity contribution is 0.185. The van der Waals surface area contributed by atoms with Gasteiger partial charge in [0.25, 0.3) is 0 Å². The first-order chi connectivity index (χ1) is 16.8. The number of nitrogens with two attached hydrogens (primary N) is 1. The minimum Gasteiger partial charge on any atom is -0.489 e. The molecular weight excluding hydrogens is 509 g/mol. The van der Waals surface area contributed by atoms with Gasteiger partial charge in [-0.3, -0.25) is 4.52 Å². The Morgan fingerprint density at radius 1 is 1.06 bits per heavy atom. The quantitative estimate of drug-likeness (QED) is 0.195. The molecule has 0 fully saturated rings. The molecule has 35 heavy (non-hydrogen) atoms. The zero-order chi connectivity index (χ0) is 24.8. The van der Waals surface area contributed by atoms with Crippen molar-refractivity contribution in [1.82, 2.24) is 9.97 Å². The number of nitrogens with zero attached hydrogens (tertiary/aromatic N) is 1. The van der Waals surface area contributed by atoms with Crippen molar-refractivity contribution in [1.29, 1.82) is 0 Å². The van der Waals surface area contributed by atoms with Gasteiger partial charge in [-0.15, -0.1) is 0 Å². The number of phosphoric acid groups is 1. The molecule has 0 bridgehead atoms. The smallest absolute Gasteiger partial charge is 0.469 e. The first-order valence-corrected chi connectivity index (χ1v) is 13.2. The van der Waals surface area contributed by atoms with Gasteiger partial charge in [0.1, 0.15) is 18.2 Å². The maximum atomic E-state index is 10.9. The molecule has 4 aromatic rings. The summed E-state index contributed by atoms with van der Waals surface area (Å²) in [4.78, 5) is 26.8. The fourth-order valence-electron chi connectivity index (χ4n) is 3.20. The van der Waals surface area contributed by atoms with Crippen LogP contribution in [0.1, 0.15) is 17.4 Å². The summed E-state index contributed by atoms with van der Waals surface area (Å²) in [6, 6.07) is 22.7. The van der Waals surface area contributed by atoms with Crippen LogP contribution in [0.2, 0.25) is 5.02 Å². The lowest BCUT2D eigenvalue weighted by Crippen LogP contribution is -2.17. The number of aromatic nitrogens is 2. The van der Waals surface area contributed by atoms with E-state index in [4.69, 9.17) is 31.9 Å². The number of rotatable bonds is 10.